The minimum atomic E-state index is -0.873. The number of carbonyl (C=O) groups is 1. The van der Waals surface area contributed by atoms with Gasteiger partial charge in [-0.2, -0.15) is 0 Å². The van der Waals surface area contributed by atoms with E-state index in [2.05, 4.69) is 11.4 Å². The second-order valence-corrected chi connectivity index (χ2v) is 4.68. The molecular formula is C15H19NO2. The lowest BCUT2D eigenvalue weighted by Crippen LogP contribution is -2.15. The average Bonchev–Trinajstić information content (AvgIpc) is 2.88. The average molecular weight is 245 g/mol. The number of nitrogens with one attached hydrogen (secondary N) is 1. The number of hydrogen-bond donors (Lipinski definition) is 2. The fourth-order valence-electron chi connectivity index (χ4n) is 2.21. The standard InChI is InChI=1S/C15H19NO2/c17-15(18)14-7-5-13(6-8-14)11-16-10-9-12-3-1-2-4-12/h3,5-8,16H,1-2,4,9-11H2,(H,17,18). The number of carboxylic acid groups (broad SMARTS) is 1. The van der Waals surface area contributed by atoms with Crippen molar-refractivity contribution in [2.24, 2.45) is 0 Å². The van der Waals surface area contributed by atoms with Gasteiger partial charge in [0.25, 0.3) is 0 Å². The van der Waals surface area contributed by atoms with Crippen LogP contribution < -0.4 is 5.32 Å². The minimum Gasteiger partial charge on any atom is -0.478 e. The van der Waals surface area contributed by atoms with Gasteiger partial charge in [0.2, 0.25) is 0 Å². The maximum Gasteiger partial charge on any atom is 0.335 e. The first-order valence-electron chi connectivity index (χ1n) is 6.46. The first-order valence-corrected chi connectivity index (χ1v) is 6.46. The zero-order valence-electron chi connectivity index (χ0n) is 10.5. The molecule has 3 heteroatoms. The zero-order valence-corrected chi connectivity index (χ0v) is 10.5. The molecule has 0 radical (unpaired) electrons. The molecule has 18 heavy (non-hydrogen) atoms. The summed E-state index contributed by atoms with van der Waals surface area (Å²) in [5.41, 5.74) is 3.04. The van der Waals surface area contributed by atoms with Crippen molar-refractivity contribution >= 4 is 5.97 Å². The molecule has 2 N–H and O–H groups in total. The Morgan fingerprint density at radius 2 is 2.06 bits per heavy atom. The maximum absolute atomic E-state index is 10.7. The van der Waals surface area contributed by atoms with Gasteiger partial charge in [0, 0.05) is 6.54 Å². The lowest BCUT2D eigenvalue weighted by atomic mass is 10.1. The summed E-state index contributed by atoms with van der Waals surface area (Å²) in [7, 11) is 0. The number of allylic oxidation sites excluding steroid dienone is 1. The van der Waals surface area contributed by atoms with Crippen molar-refractivity contribution in [1.29, 1.82) is 0 Å². The van der Waals surface area contributed by atoms with Crippen LogP contribution in [0.3, 0.4) is 0 Å². The third kappa shape index (κ3) is 3.70. The van der Waals surface area contributed by atoms with Crippen LogP contribution in [0, 0.1) is 0 Å². The summed E-state index contributed by atoms with van der Waals surface area (Å²) in [6.45, 7) is 1.79. The van der Waals surface area contributed by atoms with Crippen LogP contribution in [0.25, 0.3) is 0 Å². The lowest BCUT2D eigenvalue weighted by molar-refractivity contribution is 0.0697. The molecule has 0 fully saturated rings. The van der Waals surface area contributed by atoms with E-state index >= 15 is 0 Å². The van der Waals surface area contributed by atoms with Crippen LogP contribution in [0.15, 0.2) is 35.9 Å². The molecule has 0 aliphatic heterocycles. The monoisotopic (exact) mass is 245 g/mol. The number of hydrogen-bond acceptors (Lipinski definition) is 2. The molecule has 96 valence electrons. The zero-order chi connectivity index (χ0) is 12.8. The van der Waals surface area contributed by atoms with Crippen LogP contribution in [0.1, 0.15) is 41.6 Å². The van der Waals surface area contributed by atoms with Crippen LogP contribution in [-0.4, -0.2) is 17.6 Å². The van der Waals surface area contributed by atoms with Gasteiger partial charge in [-0.05, 0) is 49.9 Å². The van der Waals surface area contributed by atoms with Gasteiger partial charge >= 0.3 is 5.97 Å². The second-order valence-electron chi connectivity index (χ2n) is 4.68. The number of rotatable bonds is 6. The van der Waals surface area contributed by atoms with Crippen LogP contribution >= 0.6 is 0 Å². The topological polar surface area (TPSA) is 49.3 Å². The van der Waals surface area contributed by atoms with Gasteiger partial charge in [0.1, 0.15) is 0 Å². The van der Waals surface area contributed by atoms with Crippen molar-refractivity contribution in [2.75, 3.05) is 6.54 Å². The maximum atomic E-state index is 10.7. The van der Waals surface area contributed by atoms with Gasteiger partial charge in [-0.1, -0.05) is 23.8 Å². The highest BCUT2D eigenvalue weighted by Crippen LogP contribution is 2.19. The second kappa shape index (κ2) is 6.36. The predicted octanol–water partition coefficient (Wildman–Crippen LogP) is 2.97. The van der Waals surface area contributed by atoms with E-state index in [9.17, 15) is 4.79 Å². The number of carboxylic acids is 1. The molecule has 1 aromatic carbocycles. The van der Waals surface area contributed by atoms with Crippen molar-refractivity contribution in [3.05, 3.63) is 47.0 Å². The van der Waals surface area contributed by atoms with Crippen molar-refractivity contribution in [1.82, 2.24) is 5.32 Å². The van der Waals surface area contributed by atoms with Crippen molar-refractivity contribution < 1.29 is 9.90 Å². The Kier molecular flexibility index (Phi) is 4.53. The summed E-state index contributed by atoms with van der Waals surface area (Å²) in [6, 6.07) is 7.04. The Hall–Kier alpha value is -1.61. The molecule has 1 aliphatic rings. The summed E-state index contributed by atoms with van der Waals surface area (Å²) in [6.07, 6.45) is 7.30. The molecule has 1 aromatic rings. The van der Waals surface area contributed by atoms with Gasteiger partial charge in [-0.15, -0.1) is 0 Å². The van der Waals surface area contributed by atoms with E-state index in [0.717, 1.165) is 25.1 Å². The van der Waals surface area contributed by atoms with E-state index in [0.29, 0.717) is 5.56 Å². The minimum absolute atomic E-state index is 0.342. The Bertz CT molecular complexity index is 434. The predicted molar refractivity (Wildman–Crippen MR) is 71.7 cm³/mol. The molecule has 0 heterocycles. The molecule has 0 unspecified atom stereocenters. The first kappa shape index (κ1) is 12.8. The highest BCUT2D eigenvalue weighted by Gasteiger charge is 2.04. The molecule has 0 bridgehead atoms. The largest absolute Gasteiger partial charge is 0.478 e. The molecule has 0 aromatic heterocycles. The molecule has 1 aliphatic carbocycles. The SMILES string of the molecule is O=C(O)c1ccc(CNCCC2=CCCC2)cc1. The smallest absolute Gasteiger partial charge is 0.335 e. The van der Waals surface area contributed by atoms with Crippen LogP contribution in [0.2, 0.25) is 0 Å². The Labute approximate surface area is 108 Å². The van der Waals surface area contributed by atoms with Crippen molar-refractivity contribution in [3.63, 3.8) is 0 Å². The normalized spacial score (nSPS) is 14.6. The Balaban J connectivity index is 1.71. The lowest BCUT2D eigenvalue weighted by Gasteiger charge is -2.06. The summed E-state index contributed by atoms with van der Waals surface area (Å²) in [5.74, 6) is -0.873. The number of aromatic carboxylic acids is 1. The van der Waals surface area contributed by atoms with E-state index in [-0.39, 0.29) is 0 Å². The molecule has 0 amide bonds. The first-order chi connectivity index (χ1) is 8.75. The molecular weight excluding hydrogens is 226 g/mol. The van der Waals surface area contributed by atoms with Gasteiger partial charge in [-0.25, -0.2) is 4.79 Å². The Morgan fingerprint density at radius 1 is 1.28 bits per heavy atom. The van der Waals surface area contributed by atoms with Gasteiger partial charge < -0.3 is 10.4 Å². The summed E-state index contributed by atoms with van der Waals surface area (Å²) in [5, 5.41) is 12.2. The summed E-state index contributed by atoms with van der Waals surface area (Å²) in [4.78, 5) is 10.7. The van der Waals surface area contributed by atoms with Crippen molar-refractivity contribution in [2.45, 2.75) is 32.2 Å². The Morgan fingerprint density at radius 3 is 2.67 bits per heavy atom. The quantitative estimate of drug-likeness (QED) is 0.598. The van der Waals surface area contributed by atoms with Gasteiger partial charge in [-0.3, -0.25) is 0 Å². The third-order valence-electron chi connectivity index (χ3n) is 3.29. The fraction of sp³-hybridized carbons (Fsp3) is 0.400. The van der Waals surface area contributed by atoms with Gasteiger partial charge in [0.05, 0.1) is 5.56 Å². The van der Waals surface area contributed by atoms with E-state index in [4.69, 9.17) is 5.11 Å². The van der Waals surface area contributed by atoms with E-state index in [1.165, 1.54) is 19.3 Å². The van der Waals surface area contributed by atoms with E-state index in [1.807, 2.05) is 12.1 Å². The van der Waals surface area contributed by atoms with Crippen LogP contribution in [0.5, 0.6) is 0 Å². The molecule has 0 saturated carbocycles. The molecule has 3 nitrogen and oxygen atoms in total. The fourth-order valence-corrected chi connectivity index (χ4v) is 2.21. The highest BCUT2D eigenvalue weighted by atomic mass is 16.4. The molecule has 2 rings (SSSR count). The van der Waals surface area contributed by atoms with Gasteiger partial charge in [0.15, 0.2) is 0 Å². The van der Waals surface area contributed by atoms with Crippen molar-refractivity contribution in [3.8, 4) is 0 Å². The molecule has 0 spiro atoms. The number of benzene rings is 1. The van der Waals surface area contributed by atoms with E-state index < -0.39 is 5.97 Å². The van der Waals surface area contributed by atoms with Crippen LogP contribution in [-0.2, 0) is 6.54 Å². The molecule has 0 atom stereocenters. The van der Waals surface area contributed by atoms with Crippen LogP contribution in [0.4, 0.5) is 0 Å². The summed E-state index contributed by atoms with van der Waals surface area (Å²) >= 11 is 0. The summed E-state index contributed by atoms with van der Waals surface area (Å²) < 4.78 is 0. The highest BCUT2D eigenvalue weighted by molar-refractivity contribution is 5.87. The van der Waals surface area contributed by atoms with E-state index in [1.54, 1.807) is 17.7 Å². The third-order valence-corrected chi connectivity index (χ3v) is 3.29. The molecule has 0 saturated heterocycles.